The van der Waals surface area contributed by atoms with E-state index in [9.17, 15) is 8.42 Å². The van der Waals surface area contributed by atoms with Gasteiger partial charge in [0.1, 0.15) is 10.4 Å². The van der Waals surface area contributed by atoms with Gasteiger partial charge in [0.05, 0.1) is 11.4 Å². The van der Waals surface area contributed by atoms with Crippen LogP contribution in [-0.2, 0) is 31.8 Å². The predicted molar refractivity (Wildman–Crippen MR) is 106 cm³/mol. The molecule has 1 aliphatic heterocycles. The summed E-state index contributed by atoms with van der Waals surface area (Å²) in [6.07, 6.45) is 1.52. The molecule has 0 aliphatic carbocycles. The minimum absolute atomic E-state index is 0.104. The maximum Gasteiger partial charge on any atom is 0.276 e. The van der Waals surface area contributed by atoms with E-state index in [1.807, 2.05) is 13.1 Å². The van der Waals surface area contributed by atoms with Crippen molar-refractivity contribution >= 4 is 9.84 Å². The Morgan fingerprint density at radius 3 is 2.39 bits per heavy atom. The molecule has 2 aromatic heterocycles. The molecule has 8 nitrogen and oxygen atoms in total. The van der Waals surface area contributed by atoms with Crippen LogP contribution in [0.5, 0.6) is 0 Å². The Balaban J connectivity index is 1.87. The Morgan fingerprint density at radius 1 is 1.18 bits per heavy atom. The number of rotatable bonds is 5. The van der Waals surface area contributed by atoms with Gasteiger partial charge in [-0.25, -0.2) is 8.42 Å². The fourth-order valence-corrected chi connectivity index (χ4v) is 4.91. The van der Waals surface area contributed by atoms with Gasteiger partial charge in [0.2, 0.25) is 0 Å². The van der Waals surface area contributed by atoms with Crippen molar-refractivity contribution in [1.82, 2.24) is 19.9 Å². The van der Waals surface area contributed by atoms with Crippen molar-refractivity contribution in [1.29, 1.82) is 0 Å². The third-order valence-corrected chi connectivity index (χ3v) is 8.05. The minimum Gasteiger partial charge on any atom is -0.381 e. The summed E-state index contributed by atoms with van der Waals surface area (Å²) in [5, 5.41) is 8.52. The third-order valence-electron chi connectivity index (χ3n) is 5.41. The number of aryl methyl sites for hydroxylation is 1. The maximum absolute atomic E-state index is 13.1. The lowest BCUT2D eigenvalue weighted by molar-refractivity contribution is 0.0722. The van der Waals surface area contributed by atoms with Crippen LogP contribution in [0.1, 0.15) is 59.0 Å². The first-order valence-corrected chi connectivity index (χ1v) is 11.3. The van der Waals surface area contributed by atoms with Gasteiger partial charge < -0.3 is 9.26 Å². The summed E-state index contributed by atoms with van der Waals surface area (Å²) in [5.41, 5.74) is 1.45. The summed E-state index contributed by atoms with van der Waals surface area (Å²) in [7, 11) is -1.67. The summed E-state index contributed by atoms with van der Waals surface area (Å²) in [4.78, 5) is 4.43. The predicted octanol–water partition coefficient (Wildman–Crippen LogP) is 2.84. The van der Waals surface area contributed by atoms with E-state index in [-0.39, 0.29) is 28.8 Å². The largest absolute Gasteiger partial charge is 0.381 e. The standard InChI is InChI=1S/C19H30N4O4S/c1-18(2,3)15-11-14(23(6)21-15)16-20-17(22-27-16)19(4,5)28(24,25)12-13-7-9-26-10-8-13/h11,13H,7-10,12H2,1-6H3. The molecule has 156 valence electrons. The van der Waals surface area contributed by atoms with Gasteiger partial charge in [0.25, 0.3) is 5.89 Å². The normalized spacial score (nSPS) is 17.2. The monoisotopic (exact) mass is 410 g/mol. The van der Waals surface area contributed by atoms with Crippen molar-refractivity contribution in [2.24, 2.45) is 13.0 Å². The van der Waals surface area contributed by atoms with Crippen molar-refractivity contribution in [2.45, 2.75) is 57.6 Å². The Labute approximate surface area is 166 Å². The van der Waals surface area contributed by atoms with Crippen LogP contribution in [-0.4, -0.2) is 47.3 Å². The second kappa shape index (κ2) is 7.26. The Kier molecular flexibility index (Phi) is 5.44. The lowest BCUT2D eigenvalue weighted by Gasteiger charge is -2.27. The van der Waals surface area contributed by atoms with Gasteiger partial charge in [0.15, 0.2) is 15.7 Å². The molecule has 0 atom stereocenters. The highest BCUT2D eigenvalue weighted by molar-refractivity contribution is 7.92. The molecule has 0 aromatic carbocycles. The molecule has 28 heavy (non-hydrogen) atoms. The lowest BCUT2D eigenvalue weighted by Crippen LogP contribution is -2.36. The van der Waals surface area contributed by atoms with Crippen molar-refractivity contribution in [3.63, 3.8) is 0 Å². The molecule has 3 heterocycles. The Bertz CT molecular complexity index is 932. The van der Waals surface area contributed by atoms with Crippen LogP contribution in [0, 0.1) is 5.92 Å². The topological polar surface area (TPSA) is 100 Å². The lowest BCUT2D eigenvalue weighted by atomic mass is 9.92. The average molecular weight is 411 g/mol. The van der Waals surface area contributed by atoms with Gasteiger partial charge in [-0.15, -0.1) is 0 Å². The van der Waals surface area contributed by atoms with Gasteiger partial charge in [-0.2, -0.15) is 10.1 Å². The molecule has 0 saturated carbocycles. The van der Waals surface area contributed by atoms with Gasteiger partial charge in [-0.3, -0.25) is 4.68 Å². The van der Waals surface area contributed by atoms with Crippen LogP contribution in [0.25, 0.3) is 11.6 Å². The zero-order chi connectivity index (χ0) is 20.7. The van der Waals surface area contributed by atoms with Crippen molar-refractivity contribution in [2.75, 3.05) is 19.0 Å². The fraction of sp³-hybridized carbons (Fsp3) is 0.737. The molecule has 1 fully saturated rings. The van der Waals surface area contributed by atoms with Gasteiger partial charge in [-0.05, 0) is 38.7 Å². The van der Waals surface area contributed by atoms with E-state index in [0.717, 1.165) is 18.5 Å². The summed E-state index contributed by atoms with van der Waals surface area (Å²) >= 11 is 0. The molecule has 1 saturated heterocycles. The summed E-state index contributed by atoms with van der Waals surface area (Å²) in [6.45, 7) is 10.7. The van der Waals surface area contributed by atoms with Crippen LogP contribution < -0.4 is 0 Å². The highest BCUT2D eigenvalue weighted by Gasteiger charge is 2.42. The van der Waals surface area contributed by atoms with E-state index >= 15 is 0 Å². The number of sulfone groups is 1. The highest BCUT2D eigenvalue weighted by Crippen LogP contribution is 2.33. The minimum atomic E-state index is -3.47. The SMILES string of the molecule is Cn1nc(C(C)(C)C)cc1-c1nc(C(C)(C)S(=O)(=O)CC2CCOCC2)no1. The Hall–Kier alpha value is -1.74. The molecule has 3 rings (SSSR count). The van der Waals surface area contributed by atoms with E-state index in [1.165, 1.54) is 0 Å². The third kappa shape index (κ3) is 4.00. The van der Waals surface area contributed by atoms with Gasteiger partial charge in [0, 0.05) is 25.7 Å². The molecule has 1 aliphatic rings. The number of hydrogen-bond donors (Lipinski definition) is 0. The van der Waals surface area contributed by atoms with Crippen LogP contribution in [0.15, 0.2) is 10.6 Å². The van der Waals surface area contributed by atoms with E-state index in [1.54, 1.807) is 18.5 Å². The molecule has 0 bridgehead atoms. The quantitative estimate of drug-likeness (QED) is 0.747. The molecular weight excluding hydrogens is 380 g/mol. The van der Waals surface area contributed by atoms with Crippen LogP contribution in [0.4, 0.5) is 0 Å². The molecule has 0 spiro atoms. The summed E-state index contributed by atoms with van der Waals surface area (Å²) in [6, 6.07) is 1.90. The molecule has 9 heteroatoms. The number of nitrogens with zero attached hydrogens (tertiary/aromatic N) is 4. The molecule has 0 N–H and O–H groups in total. The first-order chi connectivity index (χ1) is 12.9. The fourth-order valence-electron chi connectivity index (χ4n) is 3.18. The Morgan fingerprint density at radius 2 is 1.82 bits per heavy atom. The van der Waals surface area contributed by atoms with E-state index < -0.39 is 14.6 Å². The number of aromatic nitrogens is 4. The van der Waals surface area contributed by atoms with Crippen LogP contribution in [0.3, 0.4) is 0 Å². The summed E-state index contributed by atoms with van der Waals surface area (Å²) < 4.78 is 37.4. The van der Waals surface area contributed by atoms with Crippen molar-refractivity contribution < 1.29 is 17.7 Å². The average Bonchev–Trinajstić information content (AvgIpc) is 3.21. The first-order valence-electron chi connectivity index (χ1n) is 9.61. The molecular formula is C19H30N4O4S. The molecule has 0 radical (unpaired) electrons. The molecule has 2 aromatic rings. The maximum atomic E-state index is 13.1. The number of hydrogen-bond acceptors (Lipinski definition) is 7. The first kappa shape index (κ1) is 21.0. The zero-order valence-corrected chi connectivity index (χ0v) is 18.3. The summed E-state index contributed by atoms with van der Waals surface area (Å²) in [5.74, 6) is 0.659. The smallest absolute Gasteiger partial charge is 0.276 e. The van der Waals surface area contributed by atoms with Gasteiger partial charge >= 0.3 is 0 Å². The number of ether oxygens (including phenoxy) is 1. The van der Waals surface area contributed by atoms with Crippen LogP contribution in [0.2, 0.25) is 0 Å². The second-order valence-corrected chi connectivity index (χ2v) is 11.6. The van der Waals surface area contributed by atoms with Gasteiger partial charge in [-0.1, -0.05) is 25.9 Å². The van der Waals surface area contributed by atoms with E-state index in [4.69, 9.17) is 9.26 Å². The van der Waals surface area contributed by atoms with E-state index in [2.05, 4.69) is 36.0 Å². The highest BCUT2D eigenvalue weighted by atomic mass is 32.2. The van der Waals surface area contributed by atoms with Crippen molar-refractivity contribution in [3.05, 3.63) is 17.6 Å². The second-order valence-electron chi connectivity index (χ2n) is 9.06. The van der Waals surface area contributed by atoms with Crippen molar-refractivity contribution in [3.8, 4) is 11.6 Å². The molecule has 0 amide bonds. The van der Waals surface area contributed by atoms with E-state index in [0.29, 0.717) is 18.9 Å². The van der Waals surface area contributed by atoms with Crippen LogP contribution >= 0.6 is 0 Å². The zero-order valence-electron chi connectivity index (χ0n) is 17.5. The molecule has 0 unspecified atom stereocenters.